The third kappa shape index (κ3) is 2.99. The van der Waals surface area contributed by atoms with Crippen LogP contribution in [0.5, 0.6) is 0 Å². The van der Waals surface area contributed by atoms with Crippen LogP contribution in [-0.4, -0.2) is 9.97 Å². The second-order valence-corrected chi connectivity index (χ2v) is 10.3. The highest BCUT2D eigenvalue weighted by Gasteiger charge is 2.44. The molecule has 4 heteroatoms. The first kappa shape index (κ1) is 22.4. The zero-order valence-corrected chi connectivity index (χ0v) is 21.3. The Bertz CT molecular complexity index is 2100. The Morgan fingerprint density at radius 2 is 1.23 bits per heavy atom. The summed E-state index contributed by atoms with van der Waals surface area (Å²) in [5, 5.41) is 21.7. The lowest BCUT2D eigenvalue weighted by atomic mass is 9.59. The Balaban J connectivity index is 1.42. The van der Waals surface area contributed by atoms with Crippen molar-refractivity contribution in [1.82, 2.24) is 9.97 Å². The summed E-state index contributed by atoms with van der Waals surface area (Å²) in [7, 11) is 0. The SMILES string of the molecule is N#Cc1cccc2c1C1c3ccccc3C2c2c1ccc(-c1nc(-c3ccccc3)c3ccccc3n1)c2C#N. The van der Waals surface area contributed by atoms with E-state index in [1.54, 1.807) is 0 Å². The Labute approximate surface area is 231 Å². The zero-order valence-electron chi connectivity index (χ0n) is 21.3. The number of aromatic nitrogens is 2. The van der Waals surface area contributed by atoms with Crippen molar-refractivity contribution in [3.8, 4) is 34.8 Å². The molecule has 4 nitrogen and oxygen atoms in total. The van der Waals surface area contributed by atoms with Crippen molar-refractivity contribution < 1.29 is 0 Å². The smallest absolute Gasteiger partial charge is 0.161 e. The highest BCUT2D eigenvalue weighted by Crippen LogP contribution is 2.57. The first-order chi connectivity index (χ1) is 19.8. The topological polar surface area (TPSA) is 73.4 Å². The standard InChI is InChI=1S/C36H20N4/c37-19-22-11-8-15-27-31(22)32-23-12-4-5-13-24(23)33(27)34-28(32)18-17-25(29(34)20-38)36-39-30-16-7-6-14-26(30)35(40-36)21-9-2-1-3-10-21/h1-18,32-33H. The van der Waals surface area contributed by atoms with E-state index < -0.39 is 0 Å². The monoisotopic (exact) mass is 508 g/mol. The van der Waals surface area contributed by atoms with Crippen molar-refractivity contribution in [3.05, 3.63) is 154 Å². The van der Waals surface area contributed by atoms with Crippen LogP contribution in [0.1, 0.15) is 56.3 Å². The molecule has 0 N–H and O–H groups in total. The lowest BCUT2D eigenvalue weighted by molar-refractivity contribution is 0.750. The van der Waals surface area contributed by atoms with Gasteiger partial charge >= 0.3 is 0 Å². The first-order valence-electron chi connectivity index (χ1n) is 13.3. The quantitative estimate of drug-likeness (QED) is 0.240. The fourth-order valence-corrected chi connectivity index (χ4v) is 6.77. The summed E-state index contributed by atoms with van der Waals surface area (Å²) in [6.45, 7) is 0. The van der Waals surface area contributed by atoms with E-state index >= 15 is 0 Å². The molecule has 0 radical (unpaired) electrons. The van der Waals surface area contributed by atoms with Gasteiger partial charge in [0.15, 0.2) is 5.82 Å². The molecule has 9 rings (SSSR count). The van der Waals surface area contributed by atoms with Crippen molar-refractivity contribution in [2.24, 2.45) is 0 Å². The Morgan fingerprint density at radius 1 is 0.550 bits per heavy atom. The summed E-state index contributed by atoms with van der Waals surface area (Å²) in [6, 6.07) is 41.6. The molecule has 0 saturated carbocycles. The van der Waals surface area contributed by atoms with E-state index in [2.05, 4.69) is 60.7 Å². The van der Waals surface area contributed by atoms with E-state index in [-0.39, 0.29) is 11.8 Å². The second-order valence-electron chi connectivity index (χ2n) is 10.3. The minimum atomic E-state index is -0.136. The van der Waals surface area contributed by atoms with Gasteiger partial charge < -0.3 is 0 Å². The molecule has 184 valence electrons. The summed E-state index contributed by atoms with van der Waals surface area (Å²) < 4.78 is 0. The molecule has 1 heterocycles. The molecule has 2 unspecified atom stereocenters. The number of para-hydroxylation sites is 1. The maximum absolute atomic E-state index is 10.7. The summed E-state index contributed by atoms with van der Waals surface area (Å²) in [5.74, 6) is 0.307. The summed E-state index contributed by atoms with van der Waals surface area (Å²) in [6.07, 6.45) is 0. The minimum absolute atomic E-state index is 0.0967. The van der Waals surface area contributed by atoms with E-state index in [0.717, 1.165) is 50.0 Å². The molecule has 0 spiro atoms. The number of rotatable bonds is 2. The molecule has 6 aromatic rings. The lowest BCUT2D eigenvalue weighted by Crippen LogP contribution is -2.29. The molecule has 0 fully saturated rings. The van der Waals surface area contributed by atoms with E-state index in [1.165, 1.54) is 11.1 Å². The molecule has 5 aromatic carbocycles. The summed E-state index contributed by atoms with van der Waals surface area (Å²) in [4.78, 5) is 10.0. The van der Waals surface area contributed by atoms with Gasteiger partial charge in [0.2, 0.25) is 0 Å². The van der Waals surface area contributed by atoms with Crippen molar-refractivity contribution in [1.29, 1.82) is 10.5 Å². The molecule has 0 amide bonds. The van der Waals surface area contributed by atoms with Gasteiger partial charge in [-0.05, 0) is 51.6 Å². The van der Waals surface area contributed by atoms with Gasteiger partial charge in [0.05, 0.1) is 28.4 Å². The molecular formula is C36H20N4. The average Bonchev–Trinajstić information content (AvgIpc) is 3.03. The van der Waals surface area contributed by atoms with E-state index in [1.807, 2.05) is 60.7 Å². The van der Waals surface area contributed by atoms with Crippen LogP contribution in [-0.2, 0) is 0 Å². The van der Waals surface area contributed by atoms with Gasteiger partial charge in [-0.2, -0.15) is 10.5 Å². The summed E-state index contributed by atoms with van der Waals surface area (Å²) >= 11 is 0. The number of fused-ring (bicyclic) bond motifs is 1. The number of nitrogens with zero attached hydrogens (tertiary/aromatic N) is 4. The third-order valence-corrected chi connectivity index (χ3v) is 8.36. The molecule has 0 saturated heterocycles. The van der Waals surface area contributed by atoms with E-state index in [0.29, 0.717) is 17.0 Å². The number of hydrogen-bond donors (Lipinski definition) is 0. The Kier molecular flexibility index (Phi) is 4.74. The molecule has 3 aliphatic carbocycles. The predicted molar refractivity (Wildman–Crippen MR) is 155 cm³/mol. The average molecular weight is 509 g/mol. The fraction of sp³-hybridized carbons (Fsp3) is 0.0556. The van der Waals surface area contributed by atoms with Gasteiger partial charge in [0, 0.05) is 28.3 Å². The summed E-state index contributed by atoms with van der Waals surface area (Å²) in [5.41, 5.74) is 11.4. The molecule has 0 aliphatic heterocycles. The van der Waals surface area contributed by atoms with Crippen molar-refractivity contribution in [2.45, 2.75) is 11.8 Å². The van der Waals surface area contributed by atoms with Crippen LogP contribution >= 0.6 is 0 Å². The van der Waals surface area contributed by atoms with Crippen molar-refractivity contribution in [3.63, 3.8) is 0 Å². The van der Waals surface area contributed by atoms with Crippen LogP contribution in [0.4, 0.5) is 0 Å². The third-order valence-electron chi connectivity index (χ3n) is 8.36. The van der Waals surface area contributed by atoms with Gasteiger partial charge in [-0.1, -0.05) is 91.0 Å². The highest BCUT2D eigenvalue weighted by atomic mass is 14.9. The Hall–Kier alpha value is -5.58. The second kappa shape index (κ2) is 8.46. The Morgan fingerprint density at radius 3 is 2.00 bits per heavy atom. The van der Waals surface area contributed by atoms with Gasteiger partial charge in [-0.15, -0.1) is 0 Å². The number of benzene rings is 5. The van der Waals surface area contributed by atoms with Crippen LogP contribution in [0.15, 0.2) is 109 Å². The molecule has 40 heavy (non-hydrogen) atoms. The predicted octanol–water partition coefficient (Wildman–Crippen LogP) is 7.69. The molecule has 1 aromatic heterocycles. The largest absolute Gasteiger partial charge is 0.228 e. The van der Waals surface area contributed by atoms with Gasteiger partial charge in [-0.25, -0.2) is 9.97 Å². The molecular weight excluding hydrogens is 488 g/mol. The fourth-order valence-electron chi connectivity index (χ4n) is 6.77. The first-order valence-corrected chi connectivity index (χ1v) is 13.3. The molecule has 3 aliphatic rings. The van der Waals surface area contributed by atoms with Crippen LogP contribution in [0.3, 0.4) is 0 Å². The van der Waals surface area contributed by atoms with Crippen LogP contribution in [0.2, 0.25) is 0 Å². The van der Waals surface area contributed by atoms with Crippen LogP contribution in [0, 0.1) is 22.7 Å². The van der Waals surface area contributed by atoms with Gasteiger partial charge in [0.1, 0.15) is 6.07 Å². The normalized spacial score (nSPS) is 15.9. The minimum Gasteiger partial charge on any atom is -0.228 e. The van der Waals surface area contributed by atoms with Crippen molar-refractivity contribution >= 4 is 10.9 Å². The molecule has 2 bridgehead atoms. The zero-order chi connectivity index (χ0) is 26.8. The van der Waals surface area contributed by atoms with Gasteiger partial charge in [-0.3, -0.25) is 0 Å². The maximum Gasteiger partial charge on any atom is 0.161 e. The highest BCUT2D eigenvalue weighted by molar-refractivity contribution is 5.94. The van der Waals surface area contributed by atoms with E-state index in [4.69, 9.17) is 9.97 Å². The van der Waals surface area contributed by atoms with Crippen LogP contribution < -0.4 is 0 Å². The molecule has 2 atom stereocenters. The lowest BCUT2D eigenvalue weighted by Gasteiger charge is -2.43. The number of hydrogen-bond acceptors (Lipinski definition) is 4. The van der Waals surface area contributed by atoms with Crippen LogP contribution in [0.25, 0.3) is 33.5 Å². The number of nitriles is 2. The van der Waals surface area contributed by atoms with Crippen molar-refractivity contribution in [2.75, 3.05) is 0 Å². The van der Waals surface area contributed by atoms with Gasteiger partial charge in [0.25, 0.3) is 0 Å². The maximum atomic E-state index is 10.7. The van der Waals surface area contributed by atoms with E-state index in [9.17, 15) is 10.5 Å².